The second kappa shape index (κ2) is 5.61. The molecule has 0 aromatic heterocycles. The molecule has 2 fully saturated rings. The van der Waals surface area contributed by atoms with Crippen molar-refractivity contribution in [1.82, 2.24) is 0 Å². The molecule has 2 nitrogen and oxygen atoms in total. The summed E-state index contributed by atoms with van der Waals surface area (Å²) in [7, 11) is 0. The average molecular weight is 248 g/mol. The molecule has 2 unspecified atom stereocenters. The van der Waals surface area contributed by atoms with Crippen molar-refractivity contribution in [2.75, 3.05) is 6.61 Å². The van der Waals surface area contributed by atoms with E-state index < -0.39 is 12.0 Å². The molecule has 0 amide bonds. The Balaban J connectivity index is 1.67. The highest BCUT2D eigenvalue weighted by molar-refractivity contribution is 4.82. The quantitative estimate of drug-likeness (QED) is 0.828. The van der Waals surface area contributed by atoms with E-state index in [9.17, 15) is 13.9 Å². The average Bonchev–Trinajstić information content (AvgIpc) is 2.78. The smallest absolute Gasteiger partial charge is 0.248 e. The Hall–Kier alpha value is -0.220. The van der Waals surface area contributed by atoms with Crippen LogP contribution in [0, 0.1) is 5.92 Å². The normalized spacial score (nSPS) is 31.6. The molecular formula is C13H22F2O2. The third-order valence-corrected chi connectivity index (χ3v) is 4.11. The third-order valence-electron chi connectivity index (χ3n) is 4.11. The molecule has 100 valence electrons. The van der Waals surface area contributed by atoms with Crippen LogP contribution in [0.2, 0.25) is 0 Å². The molecule has 17 heavy (non-hydrogen) atoms. The first-order valence-corrected chi connectivity index (χ1v) is 6.74. The minimum absolute atomic E-state index is 0.0609. The minimum atomic E-state index is -2.50. The fraction of sp³-hybridized carbons (Fsp3) is 1.00. The van der Waals surface area contributed by atoms with Crippen molar-refractivity contribution in [3.05, 3.63) is 0 Å². The van der Waals surface area contributed by atoms with Crippen molar-refractivity contribution in [2.24, 2.45) is 5.92 Å². The first-order chi connectivity index (χ1) is 8.07. The maximum atomic E-state index is 13.0. The number of alkyl halides is 2. The highest BCUT2D eigenvalue weighted by atomic mass is 19.3. The summed E-state index contributed by atoms with van der Waals surface area (Å²) in [6.45, 7) is 0.830. The summed E-state index contributed by atoms with van der Waals surface area (Å²) in [4.78, 5) is 0. The van der Waals surface area contributed by atoms with E-state index >= 15 is 0 Å². The molecule has 0 bridgehead atoms. The highest BCUT2D eigenvalue weighted by Crippen LogP contribution is 2.38. The van der Waals surface area contributed by atoms with Gasteiger partial charge in [0.1, 0.15) is 0 Å². The van der Waals surface area contributed by atoms with Gasteiger partial charge in [0.2, 0.25) is 5.92 Å². The van der Waals surface area contributed by atoms with Gasteiger partial charge in [0.25, 0.3) is 0 Å². The van der Waals surface area contributed by atoms with Gasteiger partial charge >= 0.3 is 0 Å². The van der Waals surface area contributed by atoms with E-state index in [1.165, 1.54) is 0 Å². The van der Waals surface area contributed by atoms with Gasteiger partial charge in [-0.2, -0.15) is 0 Å². The predicted octanol–water partition coefficient (Wildman–Crippen LogP) is 3.13. The van der Waals surface area contributed by atoms with Crippen molar-refractivity contribution < 1.29 is 18.6 Å². The molecule has 0 radical (unpaired) electrons. The largest absolute Gasteiger partial charge is 0.393 e. The molecule has 1 saturated heterocycles. The summed E-state index contributed by atoms with van der Waals surface area (Å²) in [6, 6.07) is 0. The number of ether oxygens (including phenoxy) is 1. The molecule has 1 heterocycles. The fourth-order valence-electron chi connectivity index (χ4n) is 2.91. The Morgan fingerprint density at radius 3 is 2.53 bits per heavy atom. The zero-order valence-electron chi connectivity index (χ0n) is 10.2. The highest BCUT2D eigenvalue weighted by Gasteiger charge is 2.37. The van der Waals surface area contributed by atoms with E-state index in [1.54, 1.807) is 0 Å². The van der Waals surface area contributed by atoms with Gasteiger partial charge in [-0.15, -0.1) is 0 Å². The molecule has 2 rings (SSSR count). The summed E-state index contributed by atoms with van der Waals surface area (Å²) in [5, 5.41) is 10.0. The Labute approximate surface area is 101 Å². The molecule has 1 aliphatic heterocycles. The van der Waals surface area contributed by atoms with E-state index in [1.807, 2.05) is 0 Å². The second-order valence-corrected chi connectivity index (χ2v) is 5.47. The maximum Gasteiger partial charge on any atom is 0.248 e. The molecular weight excluding hydrogens is 226 g/mol. The van der Waals surface area contributed by atoms with Crippen LogP contribution >= 0.6 is 0 Å². The van der Waals surface area contributed by atoms with Gasteiger partial charge in [-0.3, -0.25) is 0 Å². The lowest BCUT2D eigenvalue weighted by molar-refractivity contribution is -0.0643. The lowest BCUT2D eigenvalue weighted by Crippen LogP contribution is -2.31. The van der Waals surface area contributed by atoms with E-state index in [2.05, 4.69) is 0 Å². The Kier molecular flexibility index (Phi) is 4.36. The Bertz CT molecular complexity index is 230. The maximum absolute atomic E-state index is 13.0. The summed E-state index contributed by atoms with van der Waals surface area (Å²) in [5.41, 5.74) is 0. The number of aliphatic hydroxyl groups is 1. The third kappa shape index (κ3) is 3.88. The predicted molar refractivity (Wildman–Crippen MR) is 61.1 cm³/mol. The lowest BCUT2D eigenvalue weighted by atomic mass is 9.81. The van der Waals surface area contributed by atoms with Gasteiger partial charge in [-0.1, -0.05) is 0 Å². The SMILES string of the molecule is OC(CCC1CCCO1)C1CCC(F)(F)CC1. The van der Waals surface area contributed by atoms with Crippen LogP contribution in [-0.4, -0.2) is 29.8 Å². The summed E-state index contributed by atoms with van der Waals surface area (Å²) < 4.78 is 31.4. The molecule has 1 saturated carbocycles. The minimum Gasteiger partial charge on any atom is -0.393 e. The van der Waals surface area contributed by atoms with Crippen molar-refractivity contribution in [3.63, 3.8) is 0 Å². The molecule has 0 spiro atoms. The topological polar surface area (TPSA) is 29.5 Å². The molecule has 2 aliphatic rings. The second-order valence-electron chi connectivity index (χ2n) is 5.47. The van der Waals surface area contributed by atoms with Crippen LogP contribution in [0.15, 0.2) is 0 Å². The van der Waals surface area contributed by atoms with E-state index in [0.717, 1.165) is 25.9 Å². The summed E-state index contributed by atoms with van der Waals surface area (Å²) >= 11 is 0. The summed E-state index contributed by atoms with van der Waals surface area (Å²) in [6.07, 6.45) is 4.41. The molecule has 1 aliphatic carbocycles. The number of hydrogen-bond donors (Lipinski definition) is 1. The van der Waals surface area contributed by atoms with E-state index in [0.29, 0.717) is 19.3 Å². The van der Waals surface area contributed by atoms with Gasteiger partial charge < -0.3 is 9.84 Å². The van der Waals surface area contributed by atoms with Crippen LogP contribution in [0.25, 0.3) is 0 Å². The van der Waals surface area contributed by atoms with Crippen LogP contribution in [0.5, 0.6) is 0 Å². The molecule has 1 N–H and O–H groups in total. The standard InChI is InChI=1S/C13H22F2O2/c14-13(15)7-5-10(6-8-13)12(16)4-3-11-2-1-9-17-11/h10-12,16H,1-9H2. The van der Waals surface area contributed by atoms with Crippen LogP contribution < -0.4 is 0 Å². The van der Waals surface area contributed by atoms with Crippen LogP contribution in [0.3, 0.4) is 0 Å². The van der Waals surface area contributed by atoms with Crippen molar-refractivity contribution in [3.8, 4) is 0 Å². The van der Waals surface area contributed by atoms with Crippen LogP contribution in [0.4, 0.5) is 8.78 Å². The Morgan fingerprint density at radius 2 is 1.94 bits per heavy atom. The Morgan fingerprint density at radius 1 is 1.24 bits per heavy atom. The number of halogens is 2. The van der Waals surface area contributed by atoms with Crippen LogP contribution in [-0.2, 0) is 4.74 Å². The van der Waals surface area contributed by atoms with Gasteiger partial charge in [0, 0.05) is 19.4 Å². The molecule has 2 atom stereocenters. The van der Waals surface area contributed by atoms with Crippen molar-refractivity contribution in [2.45, 2.75) is 69.5 Å². The van der Waals surface area contributed by atoms with Gasteiger partial charge in [-0.25, -0.2) is 8.78 Å². The summed E-state index contributed by atoms with van der Waals surface area (Å²) in [5.74, 6) is -2.43. The number of hydrogen-bond acceptors (Lipinski definition) is 2. The number of rotatable bonds is 4. The van der Waals surface area contributed by atoms with Crippen molar-refractivity contribution in [1.29, 1.82) is 0 Å². The number of aliphatic hydroxyl groups excluding tert-OH is 1. The first kappa shape index (κ1) is 13.2. The monoisotopic (exact) mass is 248 g/mol. The van der Waals surface area contributed by atoms with Crippen molar-refractivity contribution >= 4 is 0 Å². The van der Waals surface area contributed by atoms with E-state index in [4.69, 9.17) is 4.74 Å². The van der Waals surface area contributed by atoms with Gasteiger partial charge in [-0.05, 0) is 44.4 Å². The van der Waals surface area contributed by atoms with E-state index in [-0.39, 0.29) is 24.9 Å². The lowest BCUT2D eigenvalue weighted by Gasteiger charge is -2.31. The molecule has 4 heteroatoms. The zero-order chi connectivity index (χ0) is 12.3. The molecule has 0 aromatic carbocycles. The zero-order valence-corrected chi connectivity index (χ0v) is 10.2. The molecule has 0 aromatic rings. The van der Waals surface area contributed by atoms with Gasteiger partial charge in [0.05, 0.1) is 12.2 Å². The fourth-order valence-corrected chi connectivity index (χ4v) is 2.91. The van der Waals surface area contributed by atoms with Crippen LogP contribution in [0.1, 0.15) is 51.4 Å². The van der Waals surface area contributed by atoms with Gasteiger partial charge in [0.15, 0.2) is 0 Å². The first-order valence-electron chi connectivity index (χ1n) is 6.74.